The molecule has 1 fully saturated rings. The molecule has 2 atom stereocenters. The van der Waals surface area contributed by atoms with Gasteiger partial charge in [-0.25, -0.2) is 0 Å². The number of rotatable bonds is 2. The fraction of sp³-hybridized carbons (Fsp3) is 0.562. The summed E-state index contributed by atoms with van der Waals surface area (Å²) in [6, 6.07) is 8.71. The molecule has 0 aliphatic carbocycles. The van der Waals surface area contributed by atoms with Gasteiger partial charge in [-0.15, -0.1) is 12.4 Å². The Morgan fingerprint density at radius 1 is 1.38 bits per heavy atom. The van der Waals surface area contributed by atoms with Crippen molar-refractivity contribution in [2.24, 2.45) is 5.73 Å². The van der Waals surface area contributed by atoms with Gasteiger partial charge in [0, 0.05) is 24.3 Å². The van der Waals surface area contributed by atoms with Crippen LogP contribution in [0, 0.1) is 0 Å². The van der Waals surface area contributed by atoms with Crippen molar-refractivity contribution in [2.45, 2.75) is 38.3 Å². The summed E-state index contributed by atoms with van der Waals surface area (Å²) >= 11 is 0. The van der Waals surface area contributed by atoms with E-state index < -0.39 is 0 Å². The number of piperidine rings is 1. The number of likely N-dealkylation sites (tertiary alicyclic amines) is 1. The lowest BCUT2D eigenvalue weighted by molar-refractivity contribution is -0.120. The van der Waals surface area contributed by atoms with E-state index >= 15 is 0 Å². The van der Waals surface area contributed by atoms with Gasteiger partial charge in [0.15, 0.2) is 0 Å². The van der Waals surface area contributed by atoms with Crippen LogP contribution >= 0.6 is 12.4 Å². The molecular formula is C16H24ClN3O. The van der Waals surface area contributed by atoms with E-state index in [4.69, 9.17) is 5.73 Å². The van der Waals surface area contributed by atoms with E-state index in [1.54, 1.807) is 0 Å². The van der Waals surface area contributed by atoms with Gasteiger partial charge in [0.2, 0.25) is 5.91 Å². The lowest BCUT2D eigenvalue weighted by Gasteiger charge is -2.32. The lowest BCUT2D eigenvalue weighted by Crippen LogP contribution is -2.49. The van der Waals surface area contributed by atoms with Crippen molar-refractivity contribution >= 4 is 24.0 Å². The summed E-state index contributed by atoms with van der Waals surface area (Å²) in [7, 11) is 0. The Labute approximate surface area is 132 Å². The van der Waals surface area contributed by atoms with Gasteiger partial charge in [-0.2, -0.15) is 0 Å². The first-order valence-corrected chi connectivity index (χ1v) is 7.53. The number of benzene rings is 1. The average Bonchev–Trinajstić information content (AvgIpc) is 2.74. The maximum absolute atomic E-state index is 12.6. The molecule has 2 aliphatic heterocycles. The number of para-hydroxylation sites is 1. The number of halogens is 1. The van der Waals surface area contributed by atoms with Gasteiger partial charge < -0.3 is 10.6 Å². The van der Waals surface area contributed by atoms with E-state index in [9.17, 15) is 4.79 Å². The first-order chi connectivity index (χ1) is 9.65. The summed E-state index contributed by atoms with van der Waals surface area (Å²) in [6.07, 6.45) is 3.13. The Morgan fingerprint density at radius 3 is 2.90 bits per heavy atom. The molecule has 1 amide bonds. The highest BCUT2D eigenvalue weighted by atomic mass is 35.5. The second-order valence-corrected chi connectivity index (χ2v) is 6.08. The van der Waals surface area contributed by atoms with Gasteiger partial charge in [-0.1, -0.05) is 18.2 Å². The van der Waals surface area contributed by atoms with E-state index in [1.165, 1.54) is 5.56 Å². The van der Waals surface area contributed by atoms with E-state index in [1.807, 2.05) is 17.0 Å². The fourth-order valence-electron chi connectivity index (χ4n) is 3.45. The molecule has 116 valence electrons. The van der Waals surface area contributed by atoms with Crippen LogP contribution in [0.25, 0.3) is 0 Å². The smallest absolute Gasteiger partial charge is 0.241 e. The minimum Gasteiger partial charge on any atom is -0.327 e. The second-order valence-electron chi connectivity index (χ2n) is 6.08. The van der Waals surface area contributed by atoms with Gasteiger partial charge in [-0.3, -0.25) is 9.69 Å². The van der Waals surface area contributed by atoms with Crippen LogP contribution in [0.15, 0.2) is 24.3 Å². The molecule has 2 heterocycles. The van der Waals surface area contributed by atoms with Gasteiger partial charge >= 0.3 is 0 Å². The van der Waals surface area contributed by atoms with Crippen LogP contribution in [-0.2, 0) is 11.2 Å². The predicted octanol–water partition coefficient (Wildman–Crippen LogP) is 1.81. The van der Waals surface area contributed by atoms with Crippen molar-refractivity contribution in [2.75, 3.05) is 24.5 Å². The van der Waals surface area contributed by atoms with Crippen molar-refractivity contribution in [3.63, 3.8) is 0 Å². The molecule has 0 radical (unpaired) electrons. The lowest BCUT2D eigenvalue weighted by atomic mass is 10.1. The predicted molar refractivity (Wildman–Crippen MR) is 88.0 cm³/mol. The van der Waals surface area contributed by atoms with Crippen LogP contribution in [0.3, 0.4) is 0 Å². The number of nitrogens with zero attached hydrogens (tertiary/aromatic N) is 2. The molecule has 3 rings (SSSR count). The van der Waals surface area contributed by atoms with Crippen LogP contribution in [0.1, 0.15) is 25.3 Å². The highest BCUT2D eigenvalue weighted by molar-refractivity contribution is 5.97. The zero-order valence-corrected chi connectivity index (χ0v) is 13.3. The van der Waals surface area contributed by atoms with Gasteiger partial charge in [0.25, 0.3) is 0 Å². The number of amides is 1. The molecular weight excluding hydrogens is 286 g/mol. The molecule has 1 aromatic rings. The summed E-state index contributed by atoms with van der Waals surface area (Å²) in [5, 5.41) is 0. The molecule has 0 spiro atoms. The summed E-state index contributed by atoms with van der Waals surface area (Å²) in [6.45, 7) is 4.45. The van der Waals surface area contributed by atoms with Crippen molar-refractivity contribution in [1.29, 1.82) is 0 Å². The number of fused-ring (bicyclic) bond motifs is 1. The quantitative estimate of drug-likeness (QED) is 0.906. The van der Waals surface area contributed by atoms with E-state index in [0.29, 0.717) is 6.54 Å². The summed E-state index contributed by atoms with van der Waals surface area (Å²) in [4.78, 5) is 16.8. The summed E-state index contributed by atoms with van der Waals surface area (Å²) in [5.41, 5.74) is 8.36. The number of hydrogen-bond acceptors (Lipinski definition) is 3. The van der Waals surface area contributed by atoms with Crippen LogP contribution in [0.2, 0.25) is 0 Å². The van der Waals surface area contributed by atoms with E-state index in [0.717, 1.165) is 38.0 Å². The van der Waals surface area contributed by atoms with Gasteiger partial charge in [0.05, 0.1) is 6.54 Å². The summed E-state index contributed by atoms with van der Waals surface area (Å²) in [5.74, 6) is 0.205. The monoisotopic (exact) mass is 309 g/mol. The van der Waals surface area contributed by atoms with Gasteiger partial charge in [0.1, 0.15) is 0 Å². The minimum atomic E-state index is 0. The minimum absolute atomic E-state index is 0. The number of hydrogen-bond donors (Lipinski definition) is 1. The maximum Gasteiger partial charge on any atom is 0.241 e. The molecule has 0 aromatic heterocycles. The third-order valence-electron chi connectivity index (χ3n) is 4.38. The number of carbonyl (C=O) groups excluding carboxylic acids is 1. The van der Waals surface area contributed by atoms with Crippen LogP contribution in [0.4, 0.5) is 5.69 Å². The number of nitrogens with two attached hydrogens (primary N) is 1. The van der Waals surface area contributed by atoms with Crippen LogP contribution in [-0.4, -0.2) is 42.5 Å². The van der Waals surface area contributed by atoms with Crippen LogP contribution < -0.4 is 10.6 Å². The molecule has 1 saturated heterocycles. The molecule has 5 heteroatoms. The standard InChI is InChI=1S/C16H23N3O.ClH/c1-12-9-13-5-2-3-7-15(13)19(12)16(20)11-18-8-4-6-14(17)10-18;/h2-3,5,7,12,14H,4,6,8-11,17H2,1H3;1H. The largest absolute Gasteiger partial charge is 0.327 e. The maximum atomic E-state index is 12.6. The zero-order valence-electron chi connectivity index (χ0n) is 12.5. The Hall–Kier alpha value is -1.10. The van der Waals surface area contributed by atoms with Crippen molar-refractivity contribution in [1.82, 2.24) is 4.90 Å². The molecule has 0 bridgehead atoms. The average molecular weight is 310 g/mol. The highest BCUT2D eigenvalue weighted by Gasteiger charge is 2.31. The number of carbonyl (C=O) groups is 1. The Kier molecular flexibility index (Phi) is 5.25. The normalized spacial score (nSPS) is 25.3. The number of anilines is 1. The molecule has 21 heavy (non-hydrogen) atoms. The SMILES string of the molecule is CC1Cc2ccccc2N1C(=O)CN1CCCC(N)C1.Cl. The molecule has 1 aromatic carbocycles. The molecule has 2 unspecified atom stereocenters. The van der Waals surface area contributed by atoms with Crippen molar-refractivity contribution in [3.8, 4) is 0 Å². The molecule has 2 aliphatic rings. The van der Waals surface area contributed by atoms with Crippen molar-refractivity contribution in [3.05, 3.63) is 29.8 Å². The second kappa shape index (κ2) is 6.77. The highest BCUT2D eigenvalue weighted by Crippen LogP contribution is 2.31. The Balaban J connectivity index is 0.00000161. The Bertz CT molecular complexity index is 508. The summed E-state index contributed by atoms with van der Waals surface area (Å²) < 4.78 is 0. The van der Waals surface area contributed by atoms with Gasteiger partial charge in [-0.05, 0) is 44.4 Å². The molecule has 4 nitrogen and oxygen atoms in total. The van der Waals surface area contributed by atoms with E-state index in [2.05, 4.69) is 24.0 Å². The Morgan fingerprint density at radius 2 is 2.14 bits per heavy atom. The van der Waals surface area contributed by atoms with E-state index in [-0.39, 0.29) is 30.4 Å². The van der Waals surface area contributed by atoms with Crippen LogP contribution in [0.5, 0.6) is 0 Å². The fourth-order valence-corrected chi connectivity index (χ4v) is 3.45. The zero-order chi connectivity index (χ0) is 14.1. The first kappa shape index (κ1) is 16.3. The van der Waals surface area contributed by atoms with Crippen molar-refractivity contribution < 1.29 is 4.79 Å². The first-order valence-electron chi connectivity index (χ1n) is 7.53. The molecule has 2 N–H and O–H groups in total. The molecule has 0 saturated carbocycles. The topological polar surface area (TPSA) is 49.6 Å². The third kappa shape index (κ3) is 3.39. The third-order valence-corrected chi connectivity index (χ3v) is 4.38.